The molecule has 100 valence electrons. The van der Waals surface area contributed by atoms with Crippen LogP contribution in [0.15, 0.2) is 24.3 Å². The number of hydrogen-bond acceptors (Lipinski definition) is 1. The van der Waals surface area contributed by atoms with E-state index in [1.54, 1.807) is 0 Å². The Hall–Kier alpha value is -0.820. The maximum Gasteiger partial charge on any atom is 0.000838 e. The van der Waals surface area contributed by atoms with Crippen molar-refractivity contribution in [1.82, 2.24) is 5.32 Å². The summed E-state index contributed by atoms with van der Waals surface area (Å²) in [7, 11) is 0. The highest BCUT2D eigenvalue weighted by Crippen LogP contribution is 2.40. The molecule has 0 radical (unpaired) electrons. The van der Waals surface area contributed by atoms with E-state index in [-0.39, 0.29) is 5.41 Å². The van der Waals surface area contributed by atoms with Crippen molar-refractivity contribution >= 4 is 0 Å². The van der Waals surface area contributed by atoms with Crippen molar-refractivity contribution in [2.24, 2.45) is 5.41 Å². The third-order valence-corrected chi connectivity index (χ3v) is 4.31. The van der Waals surface area contributed by atoms with E-state index >= 15 is 0 Å². The molecule has 1 heteroatoms. The van der Waals surface area contributed by atoms with Gasteiger partial charge in [-0.25, -0.2) is 0 Å². The van der Waals surface area contributed by atoms with Crippen molar-refractivity contribution in [1.29, 1.82) is 0 Å². The summed E-state index contributed by atoms with van der Waals surface area (Å²) in [5.41, 5.74) is 3.55. The molecule has 1 heterocycles. The van der Waals surface area contributed by atoms with Crippen LogP contribution >= 0.6 is 0 Å². The largest absolute Gasteiger partial charge is 0.316 e. The fourth-order valence-electron chi connectivity index (χ4n) is 3.00. The Morgan fingerprint density at radius 2 is 1.72 bits per heavy atom. The fourth-order valence-corrected chi connectivity index (χ4v) is 3.00. The normalized spacial score (nSPS) is 23.9. The van der Waals surface area contributed by atoms with E-state index in [9.17, 15) is 0 Å². The predicted molar refractivity (Wildman–Crippen MR) is 79.2 cm³/mol. The molecule has 0 aromatic heterocycles. The summed E-state index contributed by atoms with van der Waals surface area (Å²) in [5.74, 6) is 0.688. The molecule has 1 N–H and O–H groups in total. The second-order valence-electron chi connectivity index (χ2n) is 7.38. The molecule has 1 saturated heterocycles. The van der Waals surface area contributed by atoms with E-state index in [2.05, 4.69) is 64.2 Å². The van der Waals surface area contributed by atoms with Gasteiger partial charge in [-0.3, -0.25) is 0 Å². The zero-order chi connectivity index (χ0) is 13.4. The minimum atomic E-state index is 0.252. The Bertz CT molecular complexity index is 395. The van der Waals surface area contributed by atoms with Crippen molar-refractivity contribution in [2.75, 3.05) is 13.1 Å². The maximum atomic E-state index is 3.51. The number of piperidine rings is 1. The van der Waals surface area contributed by atoms with Gasteiger partial charge in [0, 0.05) is 6.54 Å². The first-order valence-corrected chi connectivity index (χ1v) is 7.12. The summed E-state index contributed by atoms with van der Waals surface area (Å²) < 4.78 is 0. The number of benzene rings is 1. The Morgan fingerprint density at radius 3 is 2.22 bits per heavy atom. The first-order valence-electron chi connectivity index (χ1n) is 7.12. The molecule has 1 aliphatic rings. The second kappa shape index (κ2) is 4.70. The molecule has 1 nitrogen and oxygen atoms in total. The van der Waals surface area contributed by atoms with Gasteiger partial charge >= 0.3 is 0 Å². The Morgan fingerprint density at radius 1 is 1.11 bits per heavy atom. The highest BCUT2D eigenvalue weighted by molar-refractivity contribution is 5.30. The summed E-state index contributed by atoms with van der Waals surface area (Å²) in [4.78, 5) is 0. The van der Waals surface area contributed by atoms with Gasteiger partial charge in [-0.1, -0.05) is 58.9 Å². The van der Waals surface area contributed by atoms with E-state index in [4.69, 9.17) is 0 Å². The lowest BCUT2D eigenvalue weighted by molar-refractivity contribution is 0.219. The quantitative estimate of drug-likeness (QED) is 0.786. The average molecular weight is 245 g/mol. The number of nitrogens with one attached hydrogen (secondary N) is 1. The SMILES string of the molecule is CC(C)(C)c1ccc(C2CCNCC2(C)C)cc1. The van der Waals surface area contributed by atoms with E-state index in [0.717, 1.165) is 13.1 Å². The van der Waals surface area contributed by atoms with Gasteiger partial charge in [0.1, 0.15) is 0 Å². The van der Waals surface area contributed by atoms with E-state index in [0.29, 0.717) is 11.3 Å². The molecule has 1 fully saturated rings. The summed E-state index contributed by atoms with van der Waals surface area (Å²) in [6, 6.07) is 9.32. The molecule has 1 aromatic carbocycles. The van der Waals surface area contributed by atoms with Crippen LogP contribution in [0, 0.1) is 5.41 Å². The van der Waals surface area contributed by atoms with Gasteiger partial charge in [-0.05, 0) is 40.8 Å². The zero-order valence-electron chi connectivity index (χ0n) is 12.5. The summed E-state index contributed by atoms with van der Waals surface area (Å²) in [5, 5.41) is 3.51. The Balaban J connectivity index is 2.24. The lowest BCUT2D eigenvalue weighted by Gasteiger charge is -2.39. The van der Waals surface area contributed by atoms with Crippen molar-refractivity contribution < 1.29 is 0 Å². The minimum absolute atomic E-state index is 0.252. The molecule has 0 spiro atoms. The molecule has 1 unspecified atom stereocenters. The molecule has 1 atom stereocenters. The van der Waals surface area contributed by atoms with Crippen LogP contribution in [0.5, 0.6) is 0 Å². The number of rotatable bonds is 1. The van der Waals surface area contributed by atoms with Crippen LogP contribution in [0.3, 0.4) is 0 Å². The molecule has 18 heavy (non-hydrogen) atoms. The molecule has 0 bridgehead atoms. The van der Waals surface area contributed by atoms with Crippen LogP contribution in [-0.4, -0.2) is 13.1 Å². The van der Waals surface area contributed by atoms with Gasteiger partial charge in [0.2, 0.25) is 0 Å². The second-order valence-corrected chi connectivity index (χ2v) is 7.38. The van der Waals surface area contributed by atoms with E-state index < -0.39 is 0 Å². The van der Waals surface area contributed by atoms with Crippen LogP contribution in [-0.2, 0) is 5.41 Å². The van der Waals surface area contributed by atoms with Crippen molar-refractivity contribution in [2.45, 2.75) is 52.4 Å². The third-order valence-electron chi connectivity index (χ3n) is 4.31. The monoisotopic (exact) mass is 245 g/mol. The van der Waals surface area contributed by atoms with Crippen LogP contribution in [0.2, 0.25) is 0 Å². The van der Waals surface area contributed by atoms with E-state index in [1.807, 2.05) is 0 Å². The van der Waals surface area contributed by atoms with Gasteiger partial charge in [0.15, 0.2) is 0 Å². The maximum absolute atomic E-state index is 3.51. The van der Waals surface area contributed by atoms with Crippen molar-refractivity contribution in [3.63, 3.8) is 0 Å². The molecule has 0 saturated carbocycles. The van der Waals surface area contributed by atoms with E-state index in [1.165, 1.54) is 17.5 Å². The lowest BCUT2D eigenvalue weighted by atomic mass is 9.71. The van der Waals surface area contributed by atoms with Gasteiger partial charge in [0.05, 0.1) is 0 Å². The summed E-state index contributed by atoms with van der Waals surface area (Å²) >= 11 is 0. The molecule has 1 aromatic rings. The first kappa shape index (κ1) is 13.6. The molecule has 0 amide bonds. The standard InChI is InChI=1S/C17H27N/c1-16(2,3)14-8-6-13(7-9-14)15-10-11-18-12-17(15,4)5/h6-9,15,18H,10-12H2,1-5H3. The molecular weight excluding hydrogens is 218 g/mol. The van der Waals surface area contributed by atoms with Gasteiger partial charge in [-0.15, -0.1) is 0 Å². The van der Waals surface area contributed by atoms with Gasteiger partial charge in [0.25, 0.3) is 0 Å². The molecular formula is C17H27N. The lowest BCUT2D eigenvalue weighted by Crippen LogP contribution is -2.41. The summed E-state index contributed by atoms with van der Waals surface area (Å²) in [6.45, 7) is 13.8. The minimum Gasteiger partial charge on any atom is -0.316 e. The van der Waals surface area contributed by atoms with Gasteiger partial charge in [-0.2, -0.15) is 0 Å². The van der Waals surface area contributed by atoms with Crippen molar-refractivity contribution in [3.8, 4) is 0 Å². The number of hydrogen-bond donors (Lipinski definition) is 1. The van der Waals surface area contributed by atoms with Crippen LogP contribution in [0.4, 0.5) is 0 Å². The Kier molecular flexibility index (Phi) is 3.55. The molecule has 0 aliphatic carbocycles. The third kappa shape index (κ3) is 2.77. The molecule has 2 rings (SSSR count). The Labute approximate surface area is 112 Å². The van der Waals surface area contributed by atoms with Crippen LogP contribution < -0.4 is 5.32 Å². The molecule has 1 aliphatic heterocycles. The topological polar surface area (TPSA) is 12.0 Å². The first-order chi connectivity index (χ1) is 8.31. The predicted octanol–water partition coefficient (Wildman–Crippen LogP) is 4.09. The zero-order valence-corrected chi connectivity index (χ0v) is 12.5. The van der Waals surface area contributed by atoms with Crippen molar-refractivity contribution in [3.05, 3.63) is 35.4 Å². The highest BCUT2D eigenvalue weighted by atomic mass is 14.9. The average Bonchev–Trinajstić information content (AvgIpc) is 2.27. The fraction of sp³-hybridized carbons (Fsp3) is 0.647. The van der Waals surface area contributed by atoms with Gasteiger partial charge < -0.3 is 5.32 Å². The summed E-state index contributed by atoms with van der Waals surface area (Å²) in [6.07, 6.45) is 1.25. The highest BCUT2D eigenvalue weighted by Gasteiger charge is 2.33. The smallest absolute Gasteiger partial charge is 0.000838 e. The van der Waals surface area contributed by atoms with Crippen LogP contribution in [0.1, 0.15) is 58.1 Å². The van der Waals surface area contributed by atoms with Crippen LogP contribution in [0.25, 0.3) is 0 Å².